The highest BCUT2D eigenvalue weighted by molar-refractivity contribution is 6.83. The number of nitrogens with one attached hydrogen (secondary N) is 1. The van der Waals surface area contributed by atoms with Gasteiger partial charge in [0.05, 0.1) is 36.1 Å². The van der Waals surface area contributed by atoms with Crippen molar-refractivity contribution in [2.75, 3.05) is 44.8 Å². The monoisotopic (exact) mass is 732 g/mol. The van der Waals surface area contributed by atoms with E-state index in [-0.39, 0.29) is 0 Å². The van der Waals surface area contributed by atoms with Crippen molar-refractivity contribution < 1.29 is 14.2 Å². The third-order valence-electron chi connectivity index (χ3n) is 8.20. The summed E-state index contributed by atoms with van der Waals surface area (Å²) in [6.45, 7) is 27.2. The number of anilines is 2. The van der Waals surface area contributed by atoms with Gasteiger partial charge in [0.1, 0.15) is 27.4 Å². The standard InChI is InChI=1S/C36H56N8O3Si3/c1-48(2,3)21-13-33-37-14-12-34(40-33)38-31-26-43(27-46-19-22-49(4,5)6)41-35(31)36-39-30-24-29(25-42-15-17-45-18-16-42)10-11-32(30)44(36)28-47-20-23-50(7,8)9/h10-12,14,24,26H,15-20,22-23,25,27-28H2,1-9H3,(H,37,38,40). The molecule has 0 saturated carbocycles. The number of ether oxygens (including phenoxy) is 3. The third-order valence-corrected chi connectivity index (χ3v) is 12.5. The average molecular weight is 733 g/mol. The summed E-state index contributed by atoms with van der Waals surface area (Å²) in [5.74, 6) is 5.05. The first-order chi connectivity index (χ1) is 23.6. The van der Waals surface area contributed by atoms with Crippen molar-refractivity contribution in [1.82, 2.24) is 34.2 Å². The minimum atomic E-state index is -1.59. The summed E-state index contributed by atoms with van der Waals surface area (Å²) >= 11 is 0. The maximum absolute atomic E-state index is 6.35. The Balaban J connectivity index is 1.52. The number of morpholine rings is 1. The molecule has 1 aliphatic rings. The van der Waals surface area contributed by atoms with Crippen LogP contribution in [0.2, 0.25) is 71.0 Å². The van der Waals surface area contributed by atoms with Gasteiger partial charge in [0.25, 0.3) is 0 Å². The number of aromatic nitrogens is 6. The van der Waals surface area contributed by atoms with Gasteiger partial charge in [-0.3, -0.25) is 9.47 Å². The van der Waals surface area contributed by atoms with Crippen LogP contribution in [0, 0.1) is 11.5 Å². The molecule has 4 aromatic rings. The van der Waals surface area contributed by atoms with Gasteiger partial charge in [0.15, 0.2) is 11.5 Å². The molecule has 1 aromatic carbocycles. The van der Waals surface area contributed by atoms with E-state index in [9.17, 15) is 0 Å². The fourth-order valence-corrected chi connectivity index (χ4v) is 7.29. The van der Waals surface area contributed by atoms with Crippen LogP contribution < -0.4 is 5.32 Å². The SMILES string of the molecule is C[Si](C)(C)C#Cc1nccc(Nc2cn(COCC[Si](C)(C)C)nc2-c2nc3cc(CN4CCOCC4)ccc3n2COCC[Si](C)(C)C)n1. The number of rotatable bonds is 15. The van der Waals surface area contributed by atoms with Gasteiger partial charge in [-0.05, 0) is 41.8 Å². The summed E-state index contributed by atoms with van der Waals surface area (Å²) in [7, 11) is -4.07. The molecule has 1 fully saturated rings. The van der Waals surface area contributed by atoms with Crippen molar-refractivity contribution in [1.29, 1.82) is 0 Å². The predicted octanol–water partition coefficient (Wildman–Crippen LogP) is 7.12. The van der Waals surface area contributed by atoms with Gasteiger partial charge in [-0.15, -0.1) is 5.54 Å². The Hall–Kier alpha value is -3.17. The minimum Gasteiger partial charge on any atom is -0.379 e. The quantitative estimate of drug-likeness (QED) is 0.0778. The molecule has 0 aliphatic carbocycles. The molecule has 0 spiro atoms. The lowest BCUT2D eigenvalue weighted by Gasteiger charge is -2.26. The van der Waals surface area contributed by atoms with Crippen LogP contribution >= 0.6 is 0 Å². The molecule has 0 unspecified atom stereocenters. The molecule has 5 rings (SSSR count). The first kappa shape index (κ1) is 38.1. The molecule has 0 atom stereocenters. The second kappa shape index (κ2) is 16.4. The Morgan fingerprint density at radius 3 is 2.26 bits per heavy atom. The number of hydrogen-bond donors (Lipinski definition) is 1. The van der Waals surface area contributed by atoms with E-state index in [2.05, 4.69) is 108 Å². The Morgan fingerprint density at radius 2 is 1.58 bits per heavy atom. The molecule has 50 heavy (non-hydrogen) atoms. The smallest absolute Gasteiger partial charge is 0.206 e. The summed E-state index contributed by atoms with van der Waals surface area (Å²) in [6, 6.07) is 10.6. The zero-order valence-electron chi connectivity index (χ0n) is 31.6. The number of fused-ring (bicyclic) bond motifs is 1. The van der Waals surface area contributed by atoms with Crippen LogP contribution in [0.4, 0.5) is 11.5 Å². The molecule has 11 nitrogen and oxygen atoms in total. The van der Waals surface area contributed by atoms with Crippen molar-refractivity contribution in [3.05, 3.63) is 48.0 Å². The summed E-state index contributed by atoms with van der Waals surface area (Å²) < 4.78 is 22.0. The highest BCUT2D eigenvalue weighted by Gasteiger charge is 2.22. The van der Waals surface area contributed by atoms with Crippen molar-refractivity contribution in [3.8, 4) is 23.0 Å². The van der Waals surface area contributed by atoms with Gasteiger partial charge in [0.2, 0.25) is 5.82 Å². The van der Waals surface area contributed by atoms with E-state index in [0.29, 0.717) is 44.0 Å². The molecule has 3 aromatic heterocycles. The largest absolute Gasteiger partial charge is 0.379 e. The molecule has 0 amide bonds. The second-order valence-electron chi connectivity index (χ2n) is 16.6. The molecule has 14 heteroatoms. The normalized spacial score (nSPS) is 14.6. The van der Waals surface area contributed by atoms with Crippen LogP contribution in [0.5, 0.6) is 0 Å². The lowest BCUT2D eigenvalue weighted by atomic mass is 10.2. The van der Waals surface area contributed by atoms with Crippen LogP contribution in [0.15, 0.2) is 36.7 Å². The van der Waals surface area contributed by atoms with Crippen LogP contribution in [0.3, 0.4) is 0 Å². The number of benzene rings is 1. The van der Waals surface area contributed by atoms with E-state index >= 15 is 0 Å². The summed E-state index contributed by atoms with van der Waals surface area (Å²) in [6.07, 6.45) is 3.71. The Labute approximate surface area is 301 Å². The van der Waals surface area contributed by atoms with E-state index in [1.165, 1.54) is 5.56 Å². The molecule has 0 radical (unpaired) electrons. The van der Waals surface area contributed by atoms with Crippen LogP contribution in [0.1, 0.15) is 11.4 Å². The van der Waals surface area contributed by atoms with Crippen molar-refractivity contribution in [2.45, 2.75) is 91.0 Å². The molecule has 1 saturated heterocycles. The zero-order valence-corrected chi connectivity index (χ0v) is 34.6. The third kappa shape index (κ3) is 11.7. The predicted molar refractivity (Wildman–Crippen MR) is 211 cm³/mol. The van der Waals surface area contributed by atoms with Gasteiger partial charge >= 0.3 is 0 Å². The van der Waals surface area contributed by atoms with Crippen LogP contribution in [-0.4, -0.2) is 97.9 Å². The molecule has 270 valence electrons. The second-order valence-corrected chi connectivity index (χ2v) is 32.6. The maximum atomic E-state index is 6.35. The zero-order chi connectivity index (χ0) is 35.9. The molecular weight excluding hydrogens is 677 g/mol. The lowest BCUT2D eigenvalue weighted by Crippen LogP contribution is -2.35. The Kier molecular flexibility index (Phi) is 12.5. The topological polar surface area (TPSA) is 104 Å². The van der Waals surface area contributed by atoms with Crippen molar-refractivity contribution >= 4 is 46.8 Å². The van der Waals surface area contributed by atoms with Gasteiger partial charge in [-0.2, -0.15) is 5.10 Å². The number of nitrogens with zero attached hydrogens (tertiary/aromatic N) is 7. The summed E-state index contributed by atoms with van der Waals surface area (Å²) in [4.78, 5) is 16.8. The van der Waals surface area contributed by atoms with Crippen LogP contribution in [-0.2, 0) is 34.2 Å². The Morgan fingerprint density at radius 1 is 0.880 bits per heavy atom. The fraction of sp³-hybridized carbons (Fsp3) is 0.556. The van der Waals surface area contributed by atoms with Crippen molar-refractivity contribution in [3.63, 3.8) is 0 Å². The molecule has 1 aliphatic heterocycles. The van der Waals surface area contributed by atoms with E-state index in [1.54, 1.807) is 6.20 Å². The summed E-state index contributed by atoms with van der Waals surface area (Å²) in [5.41, 5.74) is 7.99. The maximum Gasteiger partial charge on any atom is 0.206 e. The molecule has 4 heterocycles. The summed E-state index contributed by atoms with van der Waals surface area (Å²) in [5, 5.41) is 8.58. The van der Waals surface area contributed by atoms with Gasteiger partial charge in [-0.1, -0.05) is 65.0 Å². The first-order valence-electron chi connectivity index (χ1n) is 17.8. The fourth-order valence-electron chi connectivity index (χ4n) is 5.29. The van der Waals surface area contributed by atoms with E-state index in [1.807, 2.05) is 16.9 Å². The van der Waals surface area contributed by atoms with Gasteiger partial charge in [0, 0.05) is 55.2 Å². The van der Waals surface area contributed by atoms with Gasteiger partial charge < -0.3 is 19.5 Å². The molecule has 1 N–H and O–H groups in total. The van der Waals surface area contributed by atoms with E-state index in [0.717, 1.165) is 67.5 Å². The highest BCUT2D eigenvalue weighted by Crippen LogP contribution is 2.32. The first-order valence-corrected chi connectivity index (χ1v) is 28.7. The number of imidazole rings is 1. The Bertz CT molecular complexity index is 1790. The van der Waals surface area contributed by atoms with E-state index < -0.39 is 24.2 Å². The van der Waals surface area contributed by atoms with Crippen molar-refractivity contribution in [2.24, 2.45) is 0 Å². The highest BCUT2D eigenvalue weighted by atomic mass is 28.3. The minimum absolute atomic E-state index is 0.340. The number of hydrogen-bond acceptors (Lipinski definition) is 9. The molecule has 0 bridgehead atoms. The van der Waals surface area contributed by atoms with Crippen LogP contribution in [0.25, 0.3) is 22.6 Å². The molecular formula is C36H56N8O3Si3. The average Bonchev–Trinajstić information content (AvgIpc) is 3.60. The van der Waals surface area contributed by atoms with Gasteiger partial charge in [-0.25, -0.2) is 19.6 Å². The lowest BCUT2D eigenvalue weighted by molar-refractivity contribution is 0.0342. The van der Waals surface area contributed by atoms with E-state index in [4.69, 9.17) is 29.3 Å².